The SMILES string of the molecule is CCOC(=O)C=Cc1ccc(Sc2ccccc2)cc1. The van der Waals surface area contributed by atoms with Crippen molar-refractivity contribution in [3.8, 4) is 0 Å². The fraction of sp³-hybridized carbons (Fsp3) is 0.118. The molecule has 0 aliphatic heterocycles. The lowest BCUT2D eigenvalue weighted by atomic mass is 10.2. The van der Waals surface area contributed by atoms with Crippen molar-refractivity contribution >= 4 is 23.8 Å². The Bertz CT molecular complexity index is 574. The highest BCUT2D eigenvalue weighted by atomic mass is 32.2. The zero-order valence-electron chi connectivity index (χ0n) is 11.3. The van der Waals surface area contributed by atoms with Gasteiger partial charge in [0.1, 0.15) is 0 Å². The van der Waals surface area contributed by atoms with Crippen molar-refractivity contribution < 1.29 is 9.53 Å². The molecule has 0 aliphatic rings. The summed E-state index contributed by atoms with van der Waals surface area (Å²) in [5.74, 6) is -0.310. The first kappa shape index (κ1) is 14.4. The van der Waals surface area contributed by atoms with Crippen LogP contribution in [-0.2, 0) is 9.53 Å². The molecule has 0 spiro atoms. The van der Waals surface area contributed by atoms with E-state index in [1.165, 1.54) is 15.9 Å². The molecule has 2 aromatic rings. The van der Waals surface area contributed by atoms with Crippen molar-refractivity contribution in [3.05, 3.63) is 66.2 Å². The first-order valence-electron chi connectivity index (χ1n) is 6.46. The Morgan fingerprint density at radius 3 is 2.35 bits per heavy atom. The molecule has 2 rings (SSSR count). The van der Waals surface area contributed by atoms with Crippen molar-refractivity contribution in [2.45, 2.75) is 16.7 Å². The molecule has 0 bridgehead atoms. The normalized spacial score (nSPS) is 10.7. The molecule has 0 unspecified atom stereocenters. The van der Waals surface area contributed by atoms with Gasteiger partial charge in [0, 0.05) is 15.9 Å². The largest absolute Gasteiger partial charge is 0.463 e. The Balaban J connectivity index is 1.98. The Morgan fingerprint density at radius 2 is 1.70 bits per heavy atom. The van der Waals surface area contributed by atoms with Crippen LogP contribution in [0.25, 0.3) is 6.08 Å². The van der Waals surface area contributed by atoms with Crippen LogP contribution < -0.4 is 0 Å². The van der Waals surface area contributed by atoms with Gasteiger partial charge in [-0.15, -0.1) is 0 Å². The van der Waals surface area contributed by atoms with Crippen LogP contribution in [0.2, 0.25) is 0 Å². The summed E-state index contributed by atoms with van der Waals surface area (Å²) in [5.41, 5.74) is 0.982. The molecule has 2 aromatic carbocycles. The minimum Gasteiger partial charge on any atom is -0.463 e. The van der Waals surface area contributed by atoms with E-state index in [4.69, 9.17) is 4.74 Å². The van der Waals surface area contributed by atoms with Crippen molar-refractivity contribution in [1.82, 2.24) is 0 Å². The third kappa shape index (κ3) is 4.59. The van der Waals surface area contributed by atoms with Gasteiger partial charge in [0.15, 0.2) is 0 Å². The summed E-state index contributed by atoms with van der Waals surface area (Å²) in [4.78, 5) is 13.6. The maximum absolute atomic E-state index is 11.2. The molecule has 3 heteroatoms. The lowest BCUT2D eigenvalue weighted by Gasteiger charge is -2.02. The van der Waals surface area contributed by atoms with Crippen molar-refractivity contribution in [2.75, 3.05) is 6.61 Å². The van der Waals surface area contributed by atoms with Crippen LogP contribution in [0.1, 0.15) is 12.5 Å². The van der Waals surface area contributed by atoms with E-state index in [2.05, 4.69) is 12.1 Å². The first-order chi connectivity index (χ1) is 9.78. The van der Waals surface area contributed by atoms with E-state index >= 15 is 0 Å². The van der Waals surface area contributed by atoms with Crippen LogP contribution in [0.4, 0.5) is 0 Å². The van der Waals surface area contributed by atoms with Crippen LogP contribution in [0, 0.1) is 0 Å². The third-order valence-corrected chi connectivity index (χ3v) is 3.57. The maximum atomic E-state index is 11.2. The predicted octanol–water partition coefficient (Wildman–Crippen LogP) is 4.41. The van der Waals surface area contributed by atoms with Gasteiger partial charge in [0.25, 0.3) is 0 Å². The van der Waals surface area contributed by atoms with Crippen LogP contribution in [-0.4, -0.2) is 12.6 Å². The van der Waals surface area contributed by atoms with Gasteiger partial charge in [0.05, 0.1) is 6.61 Å². The van der Waals surface area contributed by atoms with Gasteiger partial charge >= 0.3 is 5.97 Å². The zero-order valence-corrected chi connectivity index (χ0v) is 12.1. The summed E-state index contributed by atoms with van der Waals surface area (Å²) in [6, 6.07) is 18.3. The van der Waals surface area contributed by atoms with Crippen LogP contribution in [0.3, 0.4) is 0 Å². The Kier molecular flexibility index (Phi) is 5.44. The second-order valence-electron chi connectivity index (χ2n) is 4.07. The summed E-state index contributed by atoms with van der Waals surface area (Å²) in [5, 5.41) is 0. The monoisotopic (exact) mass is 284 g/mol. The predicted molar refractivity (Wildman–Crippen MR) is 82.7 cm³/mol. The van der Waals surface area contributed by atoms with Gasteiger partial charge in [-0.05, 0) is 42.8 Å². The number of rotatable bonds is 5. The molecule has 0 atom stereocenters. The van der Waals surface area contributed by atoms with Gasteiger partial charge in [-0.25, -0.2) is 4.79 Å². The van der Waals surface area contributed by atoms with E-state index in [9.17, 15) is 4.79 Å². The van der Waals surface area contributed by atoms with Gasteiger partial charge in [-0.2, -0.15) is 0 Å². The molecule has 0 fully saturated rings. The molecule has 0 aromatic heterocycles. The molecule has 0 heterocycles. The lowest BCUT2D eigenvalue weighted by Crippen LogP contribution is -1.98. The molecule has 2 nitrogen and oxygen atoms in total. The lowest BCUT2D eigenvalue weighted by molar-refractivity contribution is -0.137. The highest BCUT2D eigenvalue weighted by Crippen LogP contribution is 2.27. The molecule has 20 heavy (non-hydrogen) atoms. The van der Waals surface area contributed by atoms with Gasteiger partial charge < -0.3 is 4.74 Å². The summed E-state index contributed by atoms with van der Waals surface area (Å²) in [7, 11) is 0. The highest BCUT2D eigenvalue weighted by molar-refractivity contribution is 7.99. The summed E-state index contributed by atoms with van der Waals surface area (Å²) in [6.45, 7) is 2.19. The Labute approximate surface area is 123 Å². The average molecular weight is 284 g/mol. The third-order valence-electron chi connectivity index (χ3n) is 2.56. The molecule has 0 N–H and O–H groups in total. The van der Waals surface area contributed by atoms with E-state index in [1.54, 1.807) is 24.8 Å². The van der Waals surface area contributed by atoms with Crippen molar-refractivity contribution in [3.63, 3.8) is 0 Å². The fourth-order valence-electron chi connectivity index (χ4n) is 1.63. The topological polar surface area (TPSA) is 26.3 Å². The number of carbonyl (C=O) groups is 1. The standard InChI is InChI=1S/C17H16O2S/c1-2-19-17(18)13-10-14-8-11-16(12-9-14)20-15-6-4-3-5-7-15/h3-13H,2H2,1H3. The van der Waals surface area contributed by atoms with E-state index < -0.39 is 0 Å². The first-order valence-corrected chi connectivity index (χ1v) is 7.27. The number of benzene rings is 2. The van der Waals surface area contributed by atoms with Gasteiger partial charge in [0.2, 0.25) is 0 Å². The van der Waals surface area contributed by atoms with E-state index in [-0.39, 0.29) is 5.97 Å². The number of ether oxygens (including phenoxy) is 1. The smallest absolute Gasteiger partial charge is 0.330 e. The number of hydrogen-bond acceptors (Lipinski definition) is 3. The zero-order chi connectivity index (χ0) is 14.2. The average Bonchev–Trinajstić information content (AvgIpc) is 2.48. The van der Waals surface area contributed by atoms with Crippen LogP contribution in [0.15, 0.2) is 70.5 Å². The molecule has 0 saturated heterocycles. The van der Waals surface area contributed by atoms with E-state index in [0.717, 1.165) is 5.56 Å². The quantitative estimate of drug-likeness (QED) is 0.601. The van der Waals surface area contributed by atoms with Gasteiger partial charge in [-0.1, -0.05) is 42.1 Å². The number of carbonyl (C=O) groups excluding carboxylic acids is 1. The Hall–Kier alpha value is -2.00. The minimum absolute atomic E-state index is 0.310. The van der Waals surface area contributed by atoms with Crippen LogP contribution >= 0.6 is 11.8 Å². The summed E-state index contributed by atoms with van der Waals surface area (Å²) >= 11 is 1.71. The second-order valence-corrected chi connectivity index (χ2v) is 5.22. The van der Waals surface area contributed by atoms with Crippen molar-refractivity contribution in [2.24, 2.45) is 0 Å². The van der Waals surface area contributed by atoms with Crippen LogP contribution in [0.5, 0.6) is 0 Å². The molecule has 0 amide bonds. The summed E-state index contributed by atoms with van der Waals surface area (Å²) < 4.78 is 4.84. The second kappa shape index (κ2) is 7.56. The number of esters is 1. The summed E-state index contributed by atoms with van der Waals surface area (Å²) in [6.07, 6.45) is 3.21. The molecular weight excluding hydrogens is 268 g/mol. The molecule has 0 saturated carbocycles. The Morgan fingerprint density at radius 1 is 1.05 bits per heavy atom. The van der Waals surface area contributed by atoms with Gasteiger partial charge in [-0.3, -0.25) is 0 Å². The van der Waals surface area contributed by atoms with E-state index in [1.807, 2.05) is 42.5 Å². The maximum Gasteiger partial charge on any atom is 0.330 e. The highest BCUT2D eigenvalue weighted by Gasteiger charge is 1.97. The number of hydrogen-bond donors (Lipinski definition) is 0. The molecule has 102 valence electrons. The van der Waals surface area contributed by atoms with E-state index in [0.29, 0.717) is 6.61 Å². The molecule has 0 aliphatic carbocycles. The molecular formula is C17H16O2S. The van der Waals surface area contributed by atoms with Crippen molar-refractivity contribution in [1.29, 1.82) is 0 Å². The molecule has 0 radical (unpaired) electrons. The minimum atomic E-state index is -0.310. The fourth-order valence-corrected chi connectivity index (χ4v) is 2.46.